The Morgan fingerprint density at radius 2 is 1.78 bits per heavy atom. The van der Waals surface area contributed by atoms with Crippen LogP contribution in [0.15, 0.2) is 17.5 Å². The minimum Gasteiger partial charge on any atom is -0.493 e. The number of nitrogens with zero attached hydrogens (tertiary/aromatic N) is 1. The van der Waals surface area contributed by atoms with E-state index in [1.165, 1.54) is 32.7 Å². The van der Waals surface area contributed by atoms with Gasteiger partial charge in [-0.2, -0.15) is 0 Å². The molecule has 0 unspecified atom stereocenters. The van der Waals surface area contributed by atoms with E-state index in [0.29, 0.717) is 33.8 Å². The zero-order chi connectivity index (χ0) is 19.4. The number of benzene rings is 1. The molecule has 1 aliphatic rings. The largest absolute Gasteiger partial charge is 0.493 e. The molecule has 1 aromatic carbocycles. The van der Waals surface area contributed by atoms with Crippen LogP contribution in [0.5, 0.6) is 17.2 Å². The van der Waals surface area contributed by atoms with Gasteiger partial charge < -0.3 is 24.8 Å². The molecule has 2 amide bonds. The summed E-state index contributed by atoms with van der Waals surface area (Å²) in [6.07, 6.45) is 1.95. The summed E-state index contributed by atoms with van der Waals surface area (Å²) >= 11 is 1.31. The number of thiazole rings is 1. The fourth-order valence-corrected chi connectivity index (χ4v) is 3.23. The molecular weight excluding hydrogens is 370 g/mol. The highest BCUT2D eigenvalue weighted by atomic mass is 32.1. The fraction of sp³-hybridized carbons (Fsp3) is 0.389. The molecule has 1 heterocycles. The van der Waals surface area contributed by atoms with Gasteiger partial charge in [-0.1, -0.05) is 0 Å². The van der Waals surface area contributed by atoms with Gasteiger partial charge in [-0.25, -0.2) is 4.98 Å². The molecule has 0 aliphatic heterocycles. The molecule has 0 bridgehead atoms. The molecule has 3 rings (SSSR count). The molecule has 2 aromatic rings. The Hall–Kier alpha value is -2.81. The second-order valence-corrected chi connectivity index (χ2v) is 6.90. The Morgan fingerprint density at radius 1 is 1.11 bits per heavy atom. The van der Waals surface area contributed by atoms with Gasteiger partial charge >= 0.3 is 0 Å². The third-order valence-electron chi connectivity index (χ3n) is 4.02. The van der Waals surface area contributed by atoms with Crippen LogP contribution in [0.25, 0.3) is 0 Å². The first-order valence-corrected chi connectivity index (χ1v) is 9.27. The predicted octanol–water partition coefficient (Wildman–Crippen LogP) is 2.70. The highest BCUT2D eigenvalue weighted by Gasteiger charge is 2.30. The van der Waals surface area contributed by atoms with E-state index >= 15 is 0 Å². The summed E-state index contributed by atoms with van der Waals surface area (Å²) in [6, 6.07) is 3.31. The number of amides is 2. The van der Waals surface area contributed by atoms with Crippen molar-refractivity contribution >= 4 is 34.0 Å². The second kappa shape index (κ2) is 8.26. The van der Waals surface area contributed by atoms with Crippen molar-refractivity contribution in [1.82, 2.24) is 4.98 Å². The monoisotopic (exact) mass is 391 g/mol. The molecule has 8 nitrogen and oxygen atoms in total. The molecule has 0 atom stereocenters. The zero-order valence-electron chi connectivity index (χ0n) is 15.3. The summed E-state index contributed by atoms with van der Waals surface area (Å²) in [6.45, 7) is 0. The first-order chi connectivity index (χ1) is 13.0. The van der Waals surface area contributed by atoms with Crippen molar-refractivity contribution in [3.05, 3.63) is 23.2 Å². The number of hydrogen-bond donors (Lipinski definition) is 2. The summed E-state index contributed by atoms with van der Waals surface area (Å²) < 4.78 is 15.8. The topological polar surface area (TPSA) is 98.8 Å². The highest BCUT2D eigenvalue weighted by Crippen LogP contribution is 2.40. The average molecular weight is 391 g/mol. The van der Waals surface area contributed by atoms with E-state index < -0.39 is 0 Å². The third kappa shape index (κ3) is 4.68. The summed E-state index contributed by atoms with van der Waals surface area (Å²) in [4.78, 5) is 28.4. The maximum absolute atomic E-state index is 12.3. The zero-order valence-corrected chi connectivity index (χ0v) is 16.1. The third-order valence-corrected chi connectivity index (χ3v) is 4.83. The minimum absolute atomic E-state index is 0.00206. The van der Waals surface area contributed by atoms with Crippen molar-refractivity contribution in [2.75, 3.05) is 32.0 Å². The number of hydrogen-bond acceptors (Lipinski definition) is 7. The highest BCUT2D eigenvalue weighted by molar-refractivity contribution is 7.13. The van der Waals surface area contributed by atoms with Crippen molar-refractivity contribution in [2.24, 2.45) is 5.92 Å². The maximum Gasteiger partial charge on any atom is 0.230 e. The number of methoxy groups -OCH3 is 3. The standard InChI is InChI=1S/C18H21N3O5S/c1-24-13-6-11(7-14(25-2)16(13)26-3)19-15(22)8-12-9-27-18(20-12)21-17(23)10-4-5-10/h6-7,9-10H,4-5,8H2,1-3H3,(H,19,22)(H,20,21,23). The number of rotatable bonds is 8. The van der Waals surface area contributed by atoms with Crippen LogP contribution >= 0.6 is 11.3 Å². The Kier molecular flexibility index (Phi) is 5.80. The average Bonchev–Trinajstić information content (AvgIpc) is 3.42. The summed E-state index contributed by atoms with van der Waals surface area (Å²) in [5, 5.41) is 7.85. The van der Waals surface area contributed by atoms with Gasteiger partial charge in [-0.05, 0) is 12.8 Å². The van der Waals surface area contributed by atoms with Gasteiger partial charge in [0, 0.05) is 29.1 Å². The summed E-state index contributed by atoms with van der Waals surface area (Å²) in [5.74, 6) is 1.22. The van der Waals surface area contributed by atoms with E-state index in [9.17, 15) is 9.59 Å². The Bertz CT molecular complexity index is 822. The van der Waals surface area contributed by atoms with Crippen molar-refractivity contribution in [1.29, 1.82) is 0 Å². The number of anilines is 2. The lowest BCUT2D eigenvalue weighted by molar-refractivity contribution is -0.117. The van der Waals surface area contributed by atoms with Gasteiger partial charge in [0.2, 0.25) is 17.6 Å². The van der Waals surface area contributed by atoms with E-state index in [1.54, 1.807) is 17.5 Å². The van der Waals surface area contributed by atoms with Crippen LogP contribution in [0, 0.1) is 5.92 Å². The van der Waals surface area contributed by atoms with Crippen molar-refractivity contribution < 1.29 is 23.8 Å². The van der Waals surface area contributed by atoms with Crippen LogP contribution in [0.3, 0.4) is 0 Å². The first kappa shape index (κ1) is 19.0. The lowest BCUT2D eigenvalue weighted by Gasteiger charge is -2.14. The van der Waals surface area contributed by atoms with Gasteiger partial charge in [0.15, 0.2) is 16.6 Å². The van der Waals surface area contributed by atoms with Crippen LogP contribution in [-0.2, 0) is 16.0 Å². The van der Waals surface area contributed by atoms with Gasteiger partial charge in [-0.15, -0.1) is 11.3 Å². The lowest BCUT2D eigenvalue weighted by Crippen LogP contribution is -2.15. The molecule has 27 heavy (non-hydrogen) atoms. The molecule has 1 aliphatic carbocycles. The lowest BCUT2D eigenvalue weighted by atomic mass is 10.2. The fourth-order valence-electron chi connectivity index (χ4n) is 2.52. The van der Waals surface area contributed by atoms with Crippen LogP contribution in [0.4, 0.5) is 10.8 Å². The number of carbonyl (C=O) groups excluding carboxylic acids is 2. The predicted molar refractivity (Wildman–Crippen MR) is 102 cm³/mol. The second-order valence-electron chi connectivity index (χ2n) is 6.05. The van der Waals surface area contributed by atoms with E-state index in [2.05, 4.69) is 15.6 Å². The Morgan fingerprint density at radius 3 is 2.33 bits per heavy atom. The summed E-state index contributed by atoms with van der Waals surface area (Å²) in [5.41, 5.74) is 1.11. The van der Waals surface area contributed by atoms with Gasteiger partial charge in [0.1, 0.15) is 0 Å². The number of carbonyl (C=O) groups is 2. The summed E-state index contributed by atoms with van der Waals surface area (Å²) in [7, 11) is 4.53. The molecule has 1 aromatic heterocycles. The minimum atomic E-state index is -0.241. The molecule has 144 valence electrons. The van der Waals surface area contributed by atoms with Gasteiger partial charge in [0.05, 0.1) is 33.4 Å². The van der Waals surface area contributed by atoms with Crippen LogP contribution < -0.4 is 24.8 Å². The molecular formula is C18H21N3O5S. The van der Waals surface area contributed by atoms with Crippen molar-refractivity contribution in [3.63, 3.8) is 0 Å². The normalized spacial score (nSPS) is 13.0. The smallest absolute Gasteiger partial charge is 0.230 e. The van der Waals surface area contributed by atoms with Crippen LogP contribution in [-0.4, -0.2) is 38.1 Å². The SMILES string of the molecule is COc1cc(NC(=O)Cc2csc(NC(=O)C3CC3)n2)cc(OC)c1OC. The molecule has 1 saturated carbocycles. The number of ether oxygens (including phenoxy) is 3. The first-order valence-electron chi connectivity index (χ1n) is 8.39. The van der Waals surface area contributed by atoms with Crippen molar-refractivity contribution in [3.8, 4) is 17.2 Å². The Balaban J connectivity index is 1.63. The van der Waals surface area contributed by atoms with Crippen LogP contribution in [0.1, 0.15) is 18.5 Å². The Labute approximate surface area is 160 Å². The van der Waals surface area contributed by atoms with Gasteiger partial charge in [-0.3, -0.25) is 9.59 Å². The molecule has 1 fully saturated rings. The molecule has 2 N–H and O–H groups in total. The number of nitrogens with one attached hydrogen (secondary N) is 2. The van der Waals surface area contributed by atoms with E-state index in [1.807, 2.05) is 0 Å². The molecule has 9 heteroatoms. The van der Waals surface area contributed by atoms with E-state index in [4.69, 9.17) is 14.2 Å². The molecule has 0 saturated heterocycles. The maximum atomic E-state index is 12.3. The quantitative estimate of drug-likeness (QED) is 0.718. The molecule has 0 spiro atoms. The number of aromatic nitrogens is 1. The van der Waals surface area contributed by atoms with E-state index in [-0.39, 0.29) is 24.2 Å². The molecule has 0 radical (unpaired) electrons. The van der Waals surface area contributed by atoms with E-state index in [0.717, 1.165) is 12.8 Å². The van der Waals surface area contributed by atoms with Gasteiger partial charge in [0.25, 0.3) is 0 Å². The van der Waals surface area contributed by atoms with Crippen molar-refractivity contribution in [2.45, 2.75) is 19.3 Å². The van der Waals surface area contributed by atoms with Crippen LogP contribution in [0.2, 0.25) is 0 Å².